The molecule has 1 unspecified atom stereocenters. The molecule has 32 heavy (non-hydrogen) atoms. The smallest absolute Gasteiger partial charge is 0.153 e. The third-order valence-corrected chi connectivity index (χ3v) is 5.65. The van der Waals surface area contributed by atoms with E-state index in [0.29, 0.717) is 13.2 Å². The number of rotatable bonds is 7. The molecule has 0 aliphatic heterocycles. The van der Waals surface area contributed by atoms with Gasteiger partial charge in [0.25, 0.3) is 0 Å². The Hall–Kier alpha value is -3.79. The second-order valence-electron chi connectivity index (χ2n) is 8.04. The van der Waals surface area contributed by atoms with Crippen LogP contribution in [0.2, 0.25) is 0 Å². The monoisotopic (exact) mass is 422 g/mol. The molecule has 4 aromatic carbocycles. The molecule has 0 aliphatic carbocycles. The summed E-state index contributed by atoms with van der Waals surface area (Å²) in [5.41, 5.74) is 3.23. The molecule has 4 heteroatoms. The van der Waals surface area contributed by atoms with Gasteiger partial charge in [-0.25, -0.2) is 4.98 Å². The predicted molar refractivity (Wildman–Crippen MR) is 129 cm³/mol. The minimum absolute atomic E-state index is 0.190. The summed E-state index contributed by atoms with van der Waals surface area (Å²) in [6.45, 7) is 5.34. The quantitative estimate of drug-likeness (QED) is 0.292. The van der Waals surface area contributed by atoms with Crippen LogP contribution in [0.1, 0.15) is 24.4 Å². The van der Waals surface area contributed by atoms with E-state index < -0.39 is 0 Å². The molecule has 160 valence electrons. The first-order valence-electron chi connectivity index (χ1n) is 11.0. The van der Waals surface area contributed by atoms with E-state index in [1.54, 1.807) is 0 Å². The van der Waals surface area contributed by atoms with Crippen molar-refractivity contribution in [2.24, 2.45) is 0 Å². The van der Waals surface area contributed by atoms with Gasteiger partial charge in [-0.2, -0.15) is 0 Å². The Morgan fingerprint density at radius 1 is 0.812 bits per heavy atom. The molecule has 0 amide bonds. The highest BCUT2D eigenvalue weighted by atomic mass is 16.5. The Labute approximate surface area is 188 Å². The summed E-state index contributed by atoms with van der Waals surface area (Å²) in [6.07, 6.45) is -0.190. The van der Waals surface area contributed by atoms with Crippen LogP contribution >= 0.6 is 0 Å². The van der Waals surface area contributed by atoms with Gasteiger partial charge in [0, 0.05) is 0 Å². The van der Waals surface area contributed by atoms with Gasteiger partial charge in [0.2, 0.25) is 0 Å². The molecule has 1 aromatic heterocycles. The summed E-state index contributed by atoms with van der Waals surface area (Å²) < 4.78 is 14.6. The summed E-state index contributed by atoms with van der Waals surface area (Å²) >= 11 is 0. The van der Waals surface area contributed by atoms with Crippen molar-refractivity contribution in [3.8, 4) is 11.5 Å². The summed E-state index contributed by atoms with van der Waals surface area (Å²) in [5, 5.41) is 2.39. The van der Waals surface area contributed by atoms with Crippen molar-refractivity contribution in [2.75, 3.05) is 6.61 Å². The van der Waals surface area contributed by atoms with Crippen LogP contribution < -0.4 is 9.47 Å². The van der Waals surface area contributed by atoms with Crippen molar-refractivity contribution in [2.45, 2.75) is 26.5 Å². The highest BCUT2D eigenvalue weighted by Gasteiger charge is 2.18. The van der Waals surface area contributed by atoms with E-state index in [-0.39, 0.29) is 6.10 Å². The molecular weight excluding hydrogens is 396 g/mol. The minimum atomic E-state index is -0.190. The lowest BCUT2D eigenvalue weighted by Gasteiger charge is -2.17. The van der Waals surface area contributed by atoms with Crippen molar-refractivity contribution in [3.05, 3.63) is 102 Å². The fourth-order valence-corrected chi connectivity index (χ4v) is 4.10. The molecule has 0 aliphatic rings. The van der Waals surface area contributed by atoms with Crippen LogP contribution in [0.15, 0.2) is 91.0 Å². The zero-order valence-electron chi connectivity index (χ0n) is 18.4. The highest BCUT2D eigenvalue weighted by Crippen LogP contribution is 2.26. The zero-order chi connectivity index (χ0) is 21.9. The summed E-state index contributed by atoms with van der Waals surface area (Å²) in [5.74, 6) is 2.62. The van der Waals surface area contributed by atoms with E-state index in [0.717, 1.165) is 28.4 Å². The molecule has 0 spiro atoms. The minimum Gasteiger partial charge on any atom is -0.492 e. The maximum atomic E-state index is 6.24. The van der Waals surface area contributed by atoms with E-state index in [4.69, 9.17) is 14.5 Å². The number of nitrogens with zero attached hydrogens (tertiary/aromatic N) is 2. The number of benzene rings is 4. The Morgan fingerprint density at radius 3 is 2.50 bits per heavy atom. The van der Waals surface area contributed by atoms with Crippen LogP contribution in [0, 0.1) is 6.92 Å². The second kappa shape index (κ2) is 8.75. The highest BCUT2D eigenvalue weighted by molar-refractivity contribution is 5.83. The van der Waals surface area contributed by atoms with Gasteiger partial charge in [0.15, 0.2) is 11.9 Å². The van der Waals surface area contributed by atoms with Crippen LogP contribution in [0.4, 0.5) is 0 Å². The molecule has 1 heterocycles. The number of fused-ring (bicyclic) bond motifs is 2. The van der Waals surface area contributed by atoms with Crippen molar-refractivity contribution < 1.29 is 9.47 Å². The largest absolute Gasteiger partial charge is 0.492 e. The SMILES string of the molecule is Cc1cccc(OC(C)c2nc3ccccc3n2CCOc2ccc3ccccc3c2)c1. The lowest BCUT2D eigenvalue weighted by molar-refractivity contribution is 0.207. The third kappa shape index (κ3) is 4.17. The van der Waals surface area contributed by atoms with Crippen LogP contribution in [0.5, 0.6) is 11.5 Å². The number of hydrogen-bond acceptors (Lipinski definition) is 3. The topological polar surface area (TPSA) is 36.3 Å². The molecule has 0 saturated heterocycles. The molecule has 0 bridgehead atoms. The summed E-state index contributed by atoms with van der Waals surface area (Å²) in [6, 6.07) is 30.8. The second-order valence-corrected chi connectivity index (χ2v) is 8.04. The average Bonchev–Trinajstić information content (AvgIpc) is 3.18. The van der Waals surface area contributed by atoms with Gasteiger partial charge in [0.05, 0.1) is 17.6 Å². The van der Waals surface area contributed by atoms with Crippen LogP contribution in [0.3, 0.4) is 0 Å². The first-order chi connectivity index (χ1) is 15.7. The normalized spacial score (nSPS) is 12.2. The van der Waals surface area contributed by atoms with Crippen LogP contribution in [0.25, 0.3) is 21.8 Å². The first kappa shape index (κ1) is 20.1. The molecule has 5 rings (SSSR count). The van der Waals surface area contributed by atoms with Gasteiger partial charge >= 0.3 is 0 Å². The molecular formula is C28H26N2O2. The van der Waals surface area contributed by atoms with Crippen molar-refractivity contribution in [1.29, 1.82) is 0 Å². The van der Waals surface area contributed by atoms with Crippen LogP contribution in [-0.2, 0) is 6.54 Å². The number of para-hydroxylation sites is 2. The molecule has 4 nitrogen and oxygen atoms in total. The maximum absolute atomic E-state index is 6.24. The lowest BCUT2D eigenvalue weighted by atomic mass is 10.1. The van der Waals surface area contributed by atoms with E-state index in [2.05, 4.69) is 54.0 Å². The summed E-state index contributed by atoms with van der Waals surface area (Å²) in [7, 11) is 0. The standard InChI is InChI=1S/C28H26N2O2/c1-20-8-7-11-25(18-20)32-21(2)28-29-26-12-5-6-13-27(26)30(28)16-17-31-24-15-14-22-9-3-4-10-23(22)19-24/h3-15,18-19,21H,16-17H2,1-2H3. The molecule has 5 aromatic rings. The number of ether oxygens (including phenoxy) is 2. The van der Waals surface area contributed by atoms with Crippen LogP contribution in [-0.4, -0.2) is 16.2 Å². The van der Waals surface area contributed by atoms with E-state index in [9.17, 15) is 0 Å². The fraction of sp³-hybridized carbons (Fsp3) is 0.179. The van der Waals surface area contributed by atoms with E-state index in [1.165, 1.54) is 16.3 Å². The lowest BCUT2D eigenvalue weighted by Crippen LogP contribution is -2.15. The third-order valence-electron chi connectivity index (χ3n) is 5.65. The Bertz CT molecular complexity index is 1370. The molecule has 1 atom stereocenters. The molecule has 0 saturated carbocycles. The van der Waals surface area contributed by atoms with E-state index >= 15 is 0 Å². The Morgan fingerprint density at radius 2 is 1.62 bits per heavy atom. The van der Waals surface area contributed by atoms with Gasteiger partial charge in [-0.1, -0.05) is 54.6 Å². The van der Waals surface area contributed by atoms with Crippen molar-refractivity contribution in [3.63, 3.8) is 0 Å². The van der Waals surface area contributed by atoms with Gasteiger partial charge in [-0.3, -0.25) is 0 Å². The average molecular weight is 423 g/mol. The number of aryl methyl sites for hydroxylation is 1. The first-order valence-corrected chi connectivity index (χ1v) is 11.0. The molecule has 0 N–H and O–H groups in total. The predicted octanol–water partition coefficient (Wildman–Crippen LogP) is 6.72. The van der Waals surface area contributed by atoms with Gasteiger partial charge < -0.3 is 14.0 Å². The number of imidazole rings is 1. The van der Waals surface area contributed by atoms with Crippen molar-refractivity contribution >= 4 is 21.8 Å². The molecule has 0 fully saturated rings. The van der Waals surface area contributed by atoms with Crippen molar-refractivity contribution in [1.82, 2.24) is 9.55 Å². The zero-order valence-corrected chi connectivity index (χ0v) is 18.4. The number of hydrogen-bond donors (Lipinski definition) is 0. The van der Waals surface area contributed by atoms with Gasteiger partial charge in [-0.15, -0.1) is 0 Å². The number of aromatic nitrogens is 2. The Balaban J connectivity index is 1.37. The van der Waals surface area contributed by atoms with E-state index in [1.807, 2.05) is 55.5 Å². The van der Waals surface area contributed by atoms with Gasteiger partial charge in [0.1, 0.15) is 18.1 Å². The maximum Gasteiger partial charge on any atom is 0.153 e. The Kier molecular flexibility index (Phi) is 5.51. The van der Waals surface area contributed by atoms with Gasteiger partial charge in [-0.05, 0) is 66.6 Å². The fourth-order valence-electron chi connectivity index (χ4n) is 4.10. The summed E-state index contributed by atoms with van der Waals surface area (Å²) in [4.78, 5) is 4.88. The molecule has 0 radical (unpaired) electrons.